The van der Waals surface area contributed by atoms with Crippen LogP contribution in [0.25, 0.3) is 0 Å². The second-order valence-corrected chi connectivity index (χ2v) is 10.3. The summed E-state index contributed by atoms with van der Waals surface area (Å²) in [7, 11) is -3.72. The Bertz CT molecular complexity index is 1040. The Balaban J connectivity index is 2.31. The molecule has 33 heavy (non-hydrogen) atoms. The van der Waals surface area contributed by atoms with Crippen molar-refractivity contribution >= 4 is 27.5 Å². The molecular weight excluding hydrogens is 438 g/mol. The van der Waals surface area contributed by atoms with Crippen molar-refractivity contribution < 1.29 is 18.0 Å². The molecule has 2 aromatic carbocycles. The first kappa shape index (κ1) is 26.4. The van der Waals surface area contributed by atoms with Crippen LogP contribution >= 0.6 is 0 Å². The second-order valence-electron chi connectivity index (χ2n) is 8.37. The molecule has 1 N–H and O–H groups in total. The van der Waals surface area contributed by atoms with E-state index in [1.165, 1.54) is 4.90 Å². The quantitative estimate of drug-likeness (QED) is 0.543. The van der Waals surface area contributed by atoms with Crippen molar-refractivity contribution in [1.29, 1.82) is 0 Å². The van der Waals surface area contributed by atoms with E-state index in [4.69, 9.17) is 0 Å². The summed E-state index contributed by atoms with van der Waals surface area (Å²) < 4.78 is 26.3. The average molecular weight is 474 g/mol. The Morgan fingerprint density at radius 2 is 1.61 bits per heavy atom. The Kier molecular flexibility index (Phi) is 9.46. The van der Waals surface area contributed by atoms with Gasteiger partial charge in [0.25, 0.3) is 0 Å². The first-order valence-corrected chi connectivity index (χ1v) is 13.1. The van der Waals surface area contributed by atoms with Gasteiger partial charge < -0.3 is 10.2 Å². The third kappa shape index (κ3) is 7.60. The van der Waals surface area contributed by atoms with E-state index in [0.29, 0.717) is 18.7 Å². The highest BCUT2D eigenvalue weighted by Crippen LogP contribution is 2.22. The summed E-state index contributed by atoms with van der Waals surface area (Å²) in [5, 5.41) is 2.92. The van der Waals surface area contributed by atoms with E-state index in [1.54, 1.807) is 32.0 Å². The maximum absolute atomic E-state index is 13.4. The SMILES string of the molecule is CC[C@H](C)NC(=O)[C@H](C)N(CCc1ccccc1)C(=O)CN(c1ccccc1C)S(C)(=O)=O. The van der Waals surface area contributed by atoms with Crippen molar-refractivity contribution in [3.05, 3.63) is 65.7 Å². The molecule has 0 heterocycles. The number of carbonyl (C=O) groups is 2. The monoisotopic (exact) mass is 473 g/mol. The number of nitrogens with zero attached hydrogens (tertiary/aromatic N) is 2. The van der Waals surface area contributed by atoms with Crippen LogP contribution in [0, 0.1) is 6.92 Å². The lowest BCUT2D eigenvalue weighted by atomic mass is 10.1. The average Bonchev–Trinajstić information content (AvgIpc) is 2.77. The number of rotatable bonds is 11. The molecule has 0 spiro atoms. The van der Waals surface area contributed by atoms with E-state index in [2.05, 4.69) is 5.32 Å². The van der Waals surface area contributed by atoms with Gasteiger partial charge in [-0.05, 0) is 50.8 Å². The molecule has 2 aromatic rings. The van der Waals surface area contributed by atoms with Gasteiger partial charge in [-0.2, -0.15) is 0 Å². The van der Waals surface area contributed by atoms with Gasteiger partial charge >= 0.3 is 0 Å². The number of carbonyl (C=O) groups excluding carboxylic acids is 2. The number of para-hydroxylation sites is 1. The molecule has 0 aliphatic carbocycles. The van der Waals surface area contributed by atoms with Crippen LogP contribution < -0.4 is 9.62 Å². The molecule has 0 aliphatic heterocycles. The number of amides is 2. The highest BCUT2D eigenvalue weighted by molar-refractivity contribution is 7.92. The number of hydrogen-bond donors (Lipinski definition) is 1. The highest BCUT2D eigenvalue weighted by Gasteiger charge is 2.30. The van der Waals surface area contributed by atoms with Crippen LogP contribution in [0.1, 0.15) is 38.3 Å². The largest absolute Gasteiger partial charge is 0.352 e. The van der Waals surface area contributed by atoms with Crippen LogP contribution in [-0.4, -0.2) is 56.6 Å². The fourth-order valence-electron chi connectivity index (χ4n) is 3.47. The van der Waals surface area contributed by atoms with Gasteiger partial charge in [-0.3, -0.25) is 13.9 Å². The van der Waals surface area contributed by atoms with Gasteiger partial charge in [0.2, 0.25) is 21.8 Å². The molecule has 8 heteroatoms. The maximum Gasteiger partial charge on any atom is 0.244 e. The standard InChI is InChI=1S/C25H35N3O4S/c1-6-20(3)26-25(30)21(4)27(17-16-22-13-8-7-9-14-22)24(29)18-28(33(5,31)32)23-15-11-10-12-19(23)2/h7-15,20-21H,6,16-18H2,1-5H3,(H,26,30)/t20-,21-/m0/s1. The van der Waals surface area contributed by atoms with Gasteiger partial charge in [-0.1, -0.05) is 55.5 Å². The zero-order valence-corrected chi connectivity index (χ0v) is 20.9. The lowest BCUT2D eigenvalue weighted by Crippen LogP contribution is -2.53. The summed E-state index contributed by atoms with van der Waals surface area (Å²) in [6, 6.07) is 15.9. The summed E-state index contributed by atoms with van der Waals surface area (Å²) >= 11 is 0. The van der Waals surface area contributed by atoms with Crippen LogP contribution in [0.2, 0.25) is 0 Å². The molecule has 2 amide bonds. The van der Waals surface area contributed by atoms with Crippen LogP contribution in [0.15, 0.2) is 54.6 Å². The third-order valence-electron chi connectivity index (χ3n) is 5.72. The number of anilines is 1. The van der Waals surface area contributed by atoms with E-state index in [1.807, 2.05) is 50.2 Å². The Morgan fingerprint density at radius 1 is 1.00 bits per heavy atom. The molecule has 0 unspecified atom stereocenters. The normalized spacial score (nSPS) is 13.1. The Morgan fingerprint density at radius 3 is 2.18 bits per heavy atom. The van der Waals surface area contributed by atoms with Crippen molar-refractivity contribution in [1.82, 2.24) is 10.2 Å². The number of benzene rings is 2. The number of nitrogens with one attached hydrogen (secondary N) is 1. The zero-order valence-electron chi connectivity index (χ0n) is 20.1. The van der Waals surface area contributed by atoms with Crippen LogP contribution in [0.3, 0.4) is 0 Å². The minimum atomic E-state index is -3.72. The fourth-order valence-corrected chi connectivity index (χ4v) is 4.38. The summed E-state index contributed by atoms with van der Waals surface area (Å²) in [6.07, 6.45) is 2.41. The van der Waals surface area contributed by atoms with Crippen molar-refractivity contribution in [2.24, 2.45) is 0 Å². The van der Waals surface area contributed by atoms with Crippen molar-refractivity contribution in [2.45, 2.75) is 52.6 Å². The third-order valence-corrected chi connectivity index (χ3v) is 6.84. The fraction of sp³-hybridized carbons (Fsp3) is 0.440. The molecule has 0 fully saturated rings. The van der Waals surface area contributed by atoms with Gasteiger partial charge in [0.15, 0.2) is 0 Å². The minimum absolute atomic E-state index is 0.0227. The second kappa shape index (κ2) is 11.8. The summed E-state index contributed by atoms with van der Waals surface area (Å²) in [4.78, 5) is 27.8. The molecule has 0 bridgehead atoms. The molecule has 0 aromatic heterocycles. The zero-order chi connectivity index (χ0) is 24.6. The van der Waals surface area contributed by atoms with Gasteiger partial charge in [-0.25, -0.2) is 8.42 Å². The predicted octanol–water partition coefficient (Wildman–Crippen LogP) is 3.14. The molecule has 180 valence electrons. The van der Waals surface area contributed by atoms with E-state index in [-0.39, 0.29) is 18.5 Å². The Hall–Kier alpha value is -2.87. The van der Waals surface area contributed by atoms with Crippen LogP contribution in [-0.2, 0) is 26.0 Å². The van der Waals surface area contributed by atoms with Crippen molar-refractivity contribution in [2.75, 3.05) is 23.7 Å². The van der Waals surface area contributed by atoms with Crippen molar-refractivity contribution in [3.63, 3.8) is 0 Å². The number of aryl methyl sites for hydroxylation is 1. The molecule has 0 radical (unpaired) electrons. The molecule has 0 saturated carbocycles. The van der Waals surface area contributed by atoms with E-state index in [9.17, 15) is 18.0 Å². The van der Waals surface area contributed by atoms with Crippen LogP contribution in [0.5, 0.6) is 0 Å². The van der Waals surface area contributed by atoms with Gasteiger partial charge in [-0.15, -0.1) is 0 Å². The topological polar surface area (TPSA) is 86.8 Å². The van der Waals surface area contributed by atoms with E-state index < -0.39 is 22.0 Å². The molecular formula is C25H35N3O4S. The lowest BCUT2D eigenvalue weighted by Gasteiger charge is -2.32. The predicted molar refractivity (Wildman–Crippen MR) is 133 cm³/mol. The maximum atomic E-state index is 13.4. The summed E-state index contributed by atoms with van der Waals surface area (Å²) in [5.41, 5.74) is 2.23. The van der Waals surface area contributed by atoms with E-state index >= 15 is 0 Å². The van der Waals surface area contributed by atoms with Gasteiger partial charge in [0.05, 0.1) is 11.9 Å². The van der Waals surface area contributed by atoms with Crippen molar-refractivity contribution in [3.8, 4) is 0 Å². The first-order valence-electron chi connectivity index (χ1n) is 11.2. The summed E-state index contributed by atoms with van der Waals surface area (Å²) in [6.45, 7) is 7.28. The van der Waals surface area contributed by atoms with Gasteiger partial charge in [0.1, 0.15) is 12.6 Å². The molecule has 0 saturated heterocycles. The highest BCUT2D eigenvalue weighted by atomic mass is 32.2. The van der Waals surface area contributed by atoms with Gasteiger partial charge in [0, 0.05) is 12.6 Å². The molecule has 7 nitrogen and oxygen atoms in total. The molecule has 2 rings (SSSR count). The van der Waals surface area contributed by atoms with Crippen LogP contribution in [0.4, 0.5) is 5.69 Å². The first-order chi connectivity index (χ1) is 15.5. The molecule has 0 aliphatic rings. The smallest absolute Gasteiger partial charge is 0.244 e. The molecule has 2 atom stereocenters. The minimum Gasteiger partial charge on any atom is -0.352 e. The number of sulfonamides is 1. The van der Waals surface area contributed by atoms with E-state index in [0.717, 1.165) is 28.1 Å². The summed E-state index contributed by atoms with van der Waals surface area (Å²) in [5.74, 6) is -0.682. The lowest BCUT2D eigenvalue weighted by molar-refractivity contribution is -0.139. The number of hydrogen-bond acceptors (Lipinski definition) is 4. The Labute approximate surface area is 197 Å².